The quantitative estimate of drug-likeness (QED) is 0.568. The predicted molar refractivity (Wildman–Crippen MR) is 80.2 cm³/mol. The Morgan fingerprint density at radius 2 is 2.30 bits per heavy atom. The van der Waals surface area contributed by atoms with Crippen LogP contribution in [-0.2, 0) is 7.05 Å². The second kappa shape index (κ2) is 5.71. The van der Waals surface area contributed by atoms with Gasteiger partial charge in [0.15, 0.2) is 0 Å². The summed E-state index contributed by atoms with van der Waals surface area (Å²) in [6.07, 6.45) is 0. The molecule has 0 spiro atoms. The van der Waals surface area contributed by atoms with E-state index in [1.54, 1.807) is 27.8 Å². The molecule has 0 unspecified atom stereocenters. The Labute approximate surface area is 123 Å². The van der Waals surface area contributed by atoms with Gasteiger partial charge in [-0.3, -0.25) is 0 Å². The molecule has 20 heavy (non-hydrogen) atoms. The lowest BCUT2D eigenvalue weighted by Gasteiger charge is -2.06. The van der Waals surface area contributed by atoms with Crippen LogP contribution < -0.4 is 5.32 Å². The van der Waals surface area contributed by atoms with Crippen molar-refractivity contribution < 1.29 is 0 Å². The van der Waals surface area contributed by atoms with Crippen molar-refractivity contribution in [2.45, 2.75) is 12.1 Å². The van der Waals surface area contributed by atoms with Crippen LogP contribution >= 0.6 is 23.1 Å². The van der Waals surface area contributed by atoms with E-state index in [0.717, 1.165) is 39.3 Å². The summed E-state index contributed by atoms with van der Waals surface area (Å²) in [5, 5.41) is 18.6. The minimum Gasteiger partial charge on any atom is -0.369 e. The molecule has 0 saturated carbocycles. The van der Waals surface area contributed by atoms with E-state index in [-0.39, 0.29) is 0 Å². The van der Waals surface area contributed by atoms with Gasteiger partial charge in [0.05, 0.1) is 5.39 Å². The second-order valence-electron chi connectivity index (χ2n) is 4.12. The van der Waals surface area contributed by atoms with Crippen molar-refractivity contribution in [3.8, 4) is 0 Å². The number of thiophene rings is 1. The first-order chi connectivity index (χ1) is 9.74. The van der Waals surface area contributed by atoms with Crippen molar-refractivity contribution in [1.82, 2.24) is 30.2 Å². The normalized spacial score (nSPS) is 11.1. The number of nitrogens with zero attached hydrogens (tertiary/aromatic N) is 6. The first kappa shape index (κ1) is 13.3. The molecule has 0 fully saturated rings. The van der Waals surface area contributed by atoms with Crippen LogP contribution in [0, 0.1) is 6.92 Å². The minimum absolute atomic E-state index is 0.785. The smallest absolute Gasteiger partial charge is 0.209 e. The third-order valence-electron chi connectivity index (χ3n) is 2.64. The Hall–Kier alpha value is -1.74. The molecule has 0 radical (unpaired) electrons. The number of hydrogen-bond donors (Lipinski definition) is 1. The lowest BCUT2D eigenvalue weighted by molar-refractivity contribution is 0.664. The monoisotopic (exact) mass is 307 g/mol. The van der Waals surface area contributed by atoms with Gasteiger partial charge in [0.25, 0.3) is 0 Å². The largest absolute Gasteiger partial charge is 0.369 e. The fourth-order valence-electron chi connectivity index (χ4n) is 1.75. The summed E-state index contributed by atoms with van der Waals surface area (Å²) in [4.78, 5) is 9.88. The molecule has 0 saturated heterocycles. The minimum atomic E-state index is 0.785. The van der Waals surface area contributed by atoms with E-state index in [9.17, 15) is 0 Å². The number of hydrogen-bond acceptors (Lipinski definition) is 8. The molecule has 1 N–H and O–H groups in total. The van der Waals surface area contributed by atoms with E-state index < -0.39 is 0 Å². The summed E-state index contributed by atoms with van der Waals surface area (Å²) in [6, 6.07) is 2.04. The number of tetrazole rings is 1. The number of rotatable bonds is 5. The summed E-state index contributed by atoms with van der Waals surface area (Å²) in [7, 11) is 1.83. The summed E-state index contributed by atoms with van der Waals surface area (Å²) in [5.74, 6) is 2.54. The topological polar surface area (TPSA) is 81.4 Å². The van der Waals surface area contributed by atoms with Gasteiger partial charge in [-0.05, 0) is 28.8 Å². The van der Waals surface area contributed by atoms with Crippen molar-refractivity contribution >= 4 is 39.1 Å². The van der Waals surface area contributed by atoms with Crippen molar-refractivity contribution in [2.75, 3.05) is 17.6 Å². The first-order valence-corrected chi connectivity index (χ1v) is 7.91. The van der Waals surface area contributed by atoms with Crippen LogP contribution in [0.1, 0.15) is 5.82 Å². The molecule has 3 rings (SSSR count). The summed E-state index contributed by atoms with van der Waals surface area (Å²) >= 11 is 3.24. The average molecular weight is 307 g/mol. The fourth-order valence-corrected chi connectivity index (χ4v) is 3.27. The van der Waals surface area contributed by atoms with Gasteiger partial charge in [-0.2, -0.15) is 0 Å². The molecule has 3 heterocycles. The van der Waals surface area contributed by atoms with Crippen LogP contribution in [0.3, 0.4) is 0 Å². The SMILES string of the molecule is Cc1nc(NCCSc2nnnn2C)c2ccsc2n1. The number of fused-ring (bicyclic) bond motifs is 1. The lowest BCUT2D eigenvalue weighted by Crippen LogP contribution is -2.07. The predicted octanol–water partition coefficient (Wildman–Crippen LogP) is 1.73. The maximum atomic E-state index is 4.46. The van der Waals surface area contributed by atoms with Crippen LogP contribution in [0.4, 0.5) is 5.82 Å². The molecule has 3 aromatic heterocycles. The van der Waals surface area contributed by atoms with E-state index in [1.165, 1.54) is 0 Å². The molecular formula is C11H13N7S2. The zero-order valence-corrected chi connectivity index (χ0v) is 12.7. The van der Waals surface area contributed by atoms with Crippen LogP contribution in [0.15, 0.2) is 16.6 Å². The fraction of sp³-hybridized carbons (Fsp3) is 0.364. The van der Waals surface area contributed by atoms with E-state index in [0.29, 0.717) is 0 Å². The number of aromatic nitrogens is 6. The van der Waals surface area contributed by atoms with Crippen molar-refractivity contribution in [2.24, 2.45) is 7.05 Å². The Bertz CT molecular complexity index is 720. The highest BCUT2D eigenvalue weighted by atomic mass is 32.2. The Morgan fingerprint density at radius 1 is 1.40 bits per heavy atom. The maximum Gasteiger partial charge on any atom is 0.209 e. The highest BCUT2D eigenvalue weighted by molar-refractivity contribution is 7.99. The van der Waals surface area contributed by atoms with E-state index >= 15 is 0 Å². The third kappa shape index (κ3) is 2.73. The van der Waals surface area contributed by atoms with Crippen molar-refractivity contribution in [3.63, 3.8) is 0 Å². The molecule has 0 aromatic carbocycles. The van der Waals surface area contributed by atoms with Gasteiger partial charge in [0, 0.05) is 19.3 Å². The average Bonchev–Trinajstić information content (AvgIpc) is 3.03. The Morgan fingerprint density at radius 3 is 3.10 bits per heavy atom. The number of aryl methyl sites for hydroxylation is 2. The second-order valence-corrected chi connectivity index (χ2v) is 6.08. The summed E-state index contributed by atoms with van der Waals surface area (Å²) in [5.41, 5.74) is 0. The van der Waals surface area contributed by atoms with Crippen molar-refractivity contribution in [1.29, 1.82) is 0 Å². The van der Waals surface area contributed by atoms with Crippen LogP contribution in [0.2, 0.25) is 0 Å². The molecule has 7 nitrogen and oxygen atoms in total. The molecule has 0 aliphatic heterocycles. The molecule has 0 bridgehead atoms. The van der Waals surface area contributed by atoms with E-state index in [1.807, 2.05) is 25.4 Å². The van der Waals surface area contributed by atoms with Gasteiger partial charge < -0.3 is 5.32 Å². The molecule has 0 amide bonds. The van der Waals surface area contributed by atoms with Crippen LogP contribution in [0.5, 0.6) is 0 Å². The third-order valence-corrected chi connectivity index (χ3v) is 4.46. The first-order valence-electron chi connectivity index (χ1n) is 6.05. The molecule has 0 aliphatic carbocycles. The van der Waals surface area contributed by atoms with E-state index in [4.69, 9.17) is 0 Å². The molecule has 9 heteroatoms. The van der Waals surface area contributed by atoms with Gasteiger partial charge >= 0.3 is 0 Å². The standard InChI is InChI=1S/C11H13N7S2/c1-7-13-9(8-3-5-19-10(8)14-7)12-4-6-20-11-15-16-17-18(11)2/h3,5H,4,6H2,1-2H3,(H,12,13,14). The van der Waals surface area contributed by atoms with E-state index in [2.05, 4.69) is 30.8 Å². The van der Waals surface area contributed by atoms with Gasteiger partial charge in [-0.1, -0.05) is 11.8 Å². The maximum absolute atomic E-state index is 4.46. The van der Waals surface area contributed by atoms with Gasteiger partial charge in [-0.25, -0.2) is 14.6 Å². The molecule has 3 aromatic rings. The molecular weight excluding hydrogens is 294 g/mol. The van der Waals surface area contributed by atoms with Gasteiger partial charge in [-0.15, -0.1) is 16.4 Å². The van der Waals surface area contributed by atoms with Crippen LogP contribution in [0.25, 0.3) is 10.2 Å². The number of nitrogens with one attached hydrogen (secondary N) is 1. The molecule has 104 valence electrons. The highest BCUT2D eigenvalue weighted by Crippen LogP contribution is 2.25. The Kier molecular flexibility index (Phi) is 3.79. The zero-order chi connectivity index (χ0) is 13.9. The van der Waals surface area contributed by atoms with Gasteiger partial charge in [0.2, 0.25) is 5.16 Å². The number of anilines is 1. The zero-order valence-electron chi connectivity index (χ0n) is 11.1. The lowest BCUT2D eigenvalue weighted by atomic mass is 10.3. The number of thioether (sulfide) groups is 1. The Balaban J connectivity index is 1.62. The van der Waals surface area contributed by atoms with Crippen LogP contribution in [-0.4, -0.2) is 42.5 Å². The summed E-state index contributed by atoms with van der Waals surface area (Å²) < 4.78 is 1.66. The summed E-state index contributed by atoms with van der Waals surface area (Å²) in [6.45, 7) is 2.70. The van der Waals surface area contributed by atoms with Crippen molar-refractivity contribution in [3.05, 3.63) is 17.3 Å². The highest BCUT2D eigenvalue weighted by Gasteiger charge is 2.07. The molecule has 0 atom stereocenters. The van der Waals surface area contributed by atoms with Gasteiger partial charge in [0.1, 0.15) is 16.5 Å². The molecule has 0 aliphatic rings.